The molecule has 0 rings (SSSR count). The monoisotopic (exact) mass is 201 g/mol. The van der Waals surface area contributed by atoms with Crippen LogP contribution in [0.5, 0.6) is 0 Å². The molecule has 3 heteroatoms. The smallest absolute Gasteiger partial charge is 0.307 e. The van der Waals surface area contributed by atoms with Gasteiger partial charge in [0.05, 0.1) is 12.5 Å². The summed E-state index contributed by atoms with van der Waals surface area (Å²) in [6.07, 6.45) is 1.36. The standard InChI is InChI=1S/C11H23NO2/c1-6-9(2)14-10(13)7-8-12-11(3,4)5/h9,12H,6-8H2,1-5H3. The summed E-state index contributed by atoms with van der Waals surface area (Å²) in [7, 11) is 0. The molecule has 0 saturated carbocycles. The minimum absolute atomic E-state index is 0.0390. The van der Waals surface area contributed by atoms with E-state index in [4.69, 9.17) is 4.74 Å². The van der Waals surface area contributed by atoms with Crippen LogP contribution in [-0.4, -0.2) is 24.2 Å². The molecule has 0 spiro atoms. The number of hydrogen-bond acceptors (Lipinski definition) is 3. The van der Waals surface area contributed by atoms with E-state index in [1.165, 1.54) is 0 Å². The summed E-state index contributed by atoms with van der Waals surface area (Å²) < 4.78 is 5.14. The van der Waals surface area contributed by atoms with Gasteiger partial charge in [-0.15, -0.1) is 0 Å². The van der Waals surface area contributed by atoms with Gasteiger partial charge in [0.1, 0.15) is 0 Å². The van der Waals surface area contributed by atoms with Gasteiger partial charge < -0.3 is 10.1 Å². The molecule has 0 aliphatic heterocycles. The molecule has 1 unspecified atom stereocenters. The zero-order valence-corrected chi connectivity index (χ0v) is 10.0. The van der Waals surface area contributed by atoms with E-state index in [1.54, 1.807) is 0 Å². The molecule has 0 aromatic heterocycles. The second-order valence-electron chi connectivity index (χ2n) is 4.64. The Balaban J connectivity index is 3.55. The fourth-order valence-electron chi connectivity index (χ4n) is 0.906. The molecular weight excluding hydrogens is 178 g/mol. The normalized spacial score (nSPS) is 13.8. The molecule has 0 bridgehead atoms. The molecule has 0 aromatic rings. The lowest BCUT2D eigenvalue weighted by Crippen LogP contribution is -2.37. The Labute approximate surface area is 87.2 Å². The van der Waals surface area contributed by atoms with E-state index in [-0.39, 0.29) is 17.6 Å². The molecular formula is C11H23NO2. The average molecular weight is 201 g/mol. The highest BCUT2D eigenvalue weighted by molar-refractivity contribution is 5.69. The van der Waals surface area contributed by atoms with Gasteiger partial charge in [0.15, 0.2) is 0 Å². The third kappa shape index (κ3) is 8.05. The number of esters is 1. The Morgan fingerprint density at radius 3 is 2.43 bits per heavy atom. The predicted molar refractivity (Wildman–Crippen MR) is 58.2 cm³/mol. The van der Waals surface area contributed by atoms with Crippen LogP contribution in [0.15, 0.2) is 0 Å². The highest BCUT2D eigenvalue weighted by Gasteiger charge is 2.11. The summed E-state index contributed by atoms with van der Waals surface area (Å²) in [6, 6.07) is 0. The molecule has 0 radical (unpaired) electrons. The van der Waals surface area contributed by atoms with Gasteiger partial charge in [-0.1, -0.05) is 6.92 Å². The molecule has 1 N–H and O–H groups in total. The Morgan fingerprint density at radius 2 is 2.00 bits per heavy atom. The molecule has 1 atom stereocenters. The van der Waals surface area contributed by atoms with Crippen LogP contribution >= 0.6 is 0 Å². The fraction of sp³-hybridized carbons (Fsp3) is 0.909. The van der Waals surface area contributed by atoms with Crippen LogP contribution in [0.3, 0.4) is 0 Å². The van der Waals surface area contributed by atoms with Crippen molar-refractivity contribution in [2.24, 2.45) is 0 Å². The summed E-state index contributed by atoms with van der Waals surface area (Å²) in [5, 5.41) is 3.24. The lowest BCUT2D eigenvalue weighted by Gasteiger charge is -2.20. The first-order chi connectivity index (χ1) is 6.35. The third-order valence-corrected chi connectivity index (χ3v) is 1.89. The quantitative estimate of drug-likeness (QED) is 0.692. The largest absolute Gasteiger partial charge is 0.463 e. The first kappa shape index (κ1) is 13.4. The molecule has 0 aliphatic rings. The van der Waals surface area contributed by atoms with Crippen LogP contribution in [0.2, 0.25) is 0 Å². The van der Waals surface area contributed by atoms with Crippen LogP contribution in [0.4, 0.5) is 0 Å². The highest BCUT2D eigenvalue weighted by Crippen LogP contribution is 2.01. The second kappa shape index (κ2) is 6.02. The molecule has 3 nitrogen and oxygen atoms in total. The minimum Gasteiger partial charge on any atom is -0.463 e. The molecule has 0 saturated heterocycles. The van der Waals surface area contributed by atoms with Crippen molar-refractivity contribution in [3.63, 3.8) is 0 Å². The van der Waals surface area contributed by atoms with E-state index in [1.807, 2.05) is 13.8 Å². The third-order valence-electron chi connectivity index (χ3n) is 1.89. The van der Waals surface area contributed by atoms with E-state index in [9.17, 15) is 4.79 Å². The first-order valence-electron chi connectivity index (χ1n) is 5.29. The topological polar surface area (TPSA) is 38.3 Å². The Kier molecular flexibility index (Phi) is 5.77. The Morgan fingerprint density at radius 1 is 1.43 bits per heavy atom. The molecule has 0 aromatic carbocycles. The summed E-state index contributed by atoms with van der Waals surface area (Å²) in [5.41, 5.74) is 0.0661. The van der Waals surface area contributed by atoms with Crippen molar-refractivity contribution in [2.45, 2.75) is 59.1 Å². The van der Waals surface area contributed by atoms with E-state index in [2.05, 4.69) is 26.1 Å². The minimum atomic E-state index is -0.115. The summed E-state index contributed by atoms with van der Waals surface area (Å²) in [6.45, 7) is 10.8. The molecule has 14 heavy (non-hydrogen) atoms. The van der Waals surface area contributed by atoms with Crippen molar-refractivity contribution >= 4 is 5.97 Å². The molecule has 0 amide bonds. The maximum Gasteiger partial charge on any atom is 0.307 e. The van der Waals surface area contributed by atoms with Gasteiger partial charge >= 0.3 is 5.97 Å². The van der Waals surface area contributed by atoms with Crippen molar-refractivity contribution in [1.29, 1.82) is 0 Å². The summed E-state index contributed by atoms with van der Waals surface area (Å²) in [5.74, 6) is -0.115. The molecule has 84 valence electrons. The number of carbonyl (C=O) groups excluding carboxylic acids is 1. The SMILES string of the molecule is CCC(C)OC(=O)CCNC(C)(C)C. The van der Waals surface area contributed by atoms with Gasteiger partial charge in [-0.3, -0.25) is 4.79 Å². The molecule has 0 aliphatic carbocycles. The predicted octanol–water partition coefficient (Wildman–Crippen LogP) is 2.11. The molecule has 0 fully saturated rings. The summed E-state index contributed by atoms with van der Waals surface area (Å²) >= 11 is 0. The lowest BCUT2D eigenvalue weighted by molar-refractivity contribution is -0.148. The van der Waals surface area contributed by atoms with Gasteiger partial charge in [0, 0.05) is 12.1 Å². The van der Waals surface area contributed by atoms with Gasteiger partial charge in [-0.2, -0.15) is 0 Å². The number of nitrogens with one attached hydrogen (secondary N) is 1. The van der Waals surface area contributed by atoms with Crippen molar-refractivity contribution in [2.75, 3.05) is 6.54 Å². The maximum atomic E-state index is 11.2. The van der Waals surface area contributed by atoms with Gasteiger partial charge in [-0.05, 0) is 34.1 Å². The second-order valence-corrected chi connectivity index (χ2v) is 4.64. The fourth-order valence-corrected chi connectivity index (χ4v) is 0.906. The highest BCUT2D eigenvalue weighted by atomic mass is 16.5. The Bertz CT molecular complexity index is 173. The Hall–Kier alpha value is -0.570. The first-order valence-corrected chi connectivity index (χ1v) is 5.29. The van der Waals surface area contributed by atoms with Crippen LogP contribution in [0.1, 0.15) is 47.5 Å². The zero-order valence-electron chi connectivity index (χ0n) is 10.0. The van der Waals surface area contributed by atoms with Crippen LogP contribution in [0, 0.1) is 0 Å². The van der Waals surface area contributed by atoms with Crippen LogP contribution in [0.25, 0.3) is 0 Å². The number of ether oxygens (including phenoxy) is 1. The number of hydrogen-bond donors (Lipinski definition) is 1. The van der Waals surface area contributed by atoms with Gasteiger partial charge in [0.2, 0.25) is 0 Å². The van der Waals surface area contributed by atoms with E-state index < -0.39 is 0 Å². The average Bonchev–Trinajstić information content (AvgIpc) is 2.01. The zero-order chi connectivity index (χ0) is 11.2. The van der Waals surface area contributed by atoms with Gasteiger partial charge in [0.25, 0.3) is 0 Å². The van der Waals surface area contributed by atoms with E-state index in [0.717, 1.165) is 6.42 Å². The maximum absolute atomic E-state index is 11.2. The van der Waals surface area contributed by atoms with Gasteiger partial charge in [-0.25, -0.2) is 0 Å². The summed E-state index contributed by atoms with van der Waals surface area (Å²) in [4.78, 5) is 11.2. The lowest BCUT2D eigenvalue weighted by atomic mass is 10.1. The van der Waals surface area contributed by atoms with Crippen molar-refractivity contribution in [3.05, 3.63) is 0 Å². The van der Waals surface area contributed by atoms with E-state index in [0.29, 0.717) is 13.0 Å². The van der Waals surface area contributed by atoms with Crippen LogP contribution in [-0.2, 0) is 9.53 Å². The van der Waals surface area contributed by atoms with Crippen molar-refractivity contribution in [1.82, 2.24) is 5.32 Å². The van der Waals surface area contributed by atoms with Crippen molar-refractivity contribution in [3.8, 4) is 0 Å². The van der Waals surface area contributed by atoms with E-state index >= 15 is 0 Å². The number of rotatable bonds is 5. The van der Waals surface area contributed by atoms with Crippen molar-refractivity contribution < 1.29 is 9.53 Å². The molecule has 0 heterocycles. The van der Waals surface area contributed by atoms with Crippen LogP contribution < -0.4 is 5.32 Å². The number of carbonyl (C=O) groups is 1.